The van der Waals surface area contributed by atoms with Crippen molar-refractivity contribution in [2.24, 2.45) is 17.8 Å². The molecule has 1 amide bonds. The van der Waals surface area contributed by atoms with Crippen molar-refractivity contribution in [2.45, 2.75) is 26.3 Å². The number of carbonyl (C=O) groups excluding carboxylic acids is 2. The van der Waals surface area contributed by atoms with Gasteiger partial charge in [0.05, 0.1) is 11.8 Å². The lowest BCUT2D eigenvalue weighted by molar-refractivity contribution is -0.141. The van der Waals surface area contributed by atoms with E-state index in [0.717, 1.165) is 39.0 Å². The molecule has 2 atom stereocenters. The Morgan fingerprint density at radius 2 is 1.92 bits per heavy atom. The second-order valence-electron chi connectivity index (χ2n) is 7.45. The van der Waals surface area contributed by atoms with Gasteiger partial charge in [-0.1, -0.05) is 37.3 Å². The maximum atomic E-state index is 12.6. The number of amides is 1. The van der Waals surface area contributed by atoms with Gasteiger partial charge in [-0.05, 0) is 37.4 Å². The van der Waals surface area contributed by atoms with Crippen LogP contribution in [0.25, 0.3) is 0 Å². The molecule has 1 aromatic rings. The Morgan fingerprint density at radius 1 is 1.24 bits per heavy atom. The molecule has 25 heavy (non-hydrogen) atoms. The molecule has 0 spiro atoms. The zero-order valence-corrected chi connectivity index (χ0v) is 15.2. The molecule has 136 valence electrons. The van der Waals surface area contributed by atoms with Crippen molar-refractivity contribution >= 4 is 11.9 Å². The number of nitrogens with zero attached hydrogens (tertiary/aromatic N) is 2. The minimum Gasteiger partial charge on any atom is -0.465 e. The van der Waals surface area contributed by atoms with Gasteiger partial charge in [0, 0.05) is 20.1 Å². The molecule has 0 aliphatic carbocycles. The topological polar surface area (TPSA) is 49.9 Å². The van der Waals surface area contributed by atoms with Gasteiger partial charge in [-0.3, -0.25) is 14.5 Å². The Balaban J connectivity index is 1.44. The molecule has 2 fully saturated rings. The average Bonchev–Trinajstić information content (AvgIpc) is 2.96. The van der Waals surface area contributed by atoms with E-state index in [1.165, 1.54) is 5.56 Å². The van der Waals surface area contributed by atoms with Crippen molar-refractivity contribution < 1.29 is 14.3 Å². The summed E-state index contributed by atoms with van der Waals surface area (Å²) in [6.45, 7) is 5.94. The Kier molecular flexibility index (Phi) is 5.74. The summed E-state index contributed by atoms with van der Waals surface area (Å²) in [4.78, 5) is 28.3. The molecule has 2 heterocycles. The van der Waals surface area contributed by atoms with Gasteiger partial charge < -0.3 is 9.64 Å². The molecule has 2 saturated heterocycles. The minimum atomic E-state index is -0.317. The highest BCUT2D eigenvalue weighted by molar-refractivity contribution is 5.87. The van der Waals surface area contributed by atoms with Crippen LogP contribution in [0.1, 0.15) is 25.3 Å². The lowest BCUT2D eigenvalue weighted by atomic mass is 9.93. The van der Waals surface area contributed by atoms with E-state index in [-0.39, 0.29) is 30.3 Å². The quantitative estimate of drug-likeness (QED) is 0.768. The number of piperidine rings is 1. The van der Waals surface area contributed by atoms with Gasteiger partial charge in [-0.2, -0.15) is 0 Å². The number of rotatable bonds is 5. The third-order valence-electron chi connectivity index (χ3n) is 5.56. The molecule has 2 aliphatic rings. The Hall–Kier alpha value is -1.88. The fraction of sp³-hybridized carbons (Fsp3) is 0.600. The molecule has 5 nitrogen and oxygen atoms in total. The van der Waals surface area contributed by atoms with E-state index in [1.807, 2.05) is 13.1 Å². The van der Waals surface area contributed by atoms with Crippen molar-refractivity contribution in [3.05, 3.63) is 35.9 Å². The van der Waals surface area contributed by atoms with E-state index < -0.39 is 0 Å². The number of hydrogen-bond donors (Lipinski definition) is 0. The second kappa shape index (κ2) is 8.00. The zero-order valence-electron chi connectivity index (χ0n) is 15.2. The maximum Gasteiger partial charge on any atom is 0.309 e. The molecule has 5 heteroatoms. The molecule has 0 N–H and O–H groups in total. The van der Waals surface area contributed by atoms with Crippen LogP contribution in [0, 0.1) is 17.8 Å². The SMILES string of the molecule is CC1C(=O)OCC1C(=O)N(C)CC1CCN(Cc2ccccc2)CC1. The van der Waals surface area contributed by atoms with Crippen LogP contribution in [0.5, 0.6) is 0 Å². The lowest BCUT2D eigenvalue weighted by Crippen LogP contribution is -2.42. The summed E-state index contributed by atoms with van der Waals surface area (Å²) in [5.74, 6) is -0.293. The van der Waals surface area contributed by atoms with E-state index in [9.17, 15) is 9.59 Å². The van der Waals surface area contributed by atoms with Gasteiger partial charge in [-0.15, -0.1) is 0 Å². The Morgan fingerprint density at radius 3 is 2.52 bits per heavy atom. The number of carbonyl (C=O) groups is 2. The Bertz CT molecular complexity index is 596. The largest absolute Gasteiger partial charge is 0.465 e. The van der Waals surface area contributed by atoms with Crippen molar-refractivity contribution in [3.8, 4) is 0 Å². The second-order valence-corrected chi connectivity index (χ2v) is 7.45. The van der Waals surface area contributed by atoms with Gasteiger partial charge in [0.25, 0.3) is 0 Å². The van der Waals surface area contributed by atoms with Crippen molar-refractivity contribution in [1.29, 1.82) is 0 Å². The van der Waals surface area contributed by atoms with Gasteiger partial charge >= 0.3 is 5.97 Å². The van der Waals surface area contributed by atoms with Crippen LogP contribution in [0.15, 0.2) is 30.3 Å². The van der Waals surface area contributed by atoms with Crippen LogP contribution < -0.4 is 0 Å². The number of benzene rings is 1. The molecule has 0 saturated carbocycles. The van der Waals surface area contributed by atoms with Gasteiger partial charge in [0.1, 0.15) is 6.61 Å². The average molecular weight is 344 g/mol. The summed E-state index contributed by atoms with van der Waals surface area (Å²) in [6.07, 6.45) is 2.22. The summed E-state index contributed by atoms with van der Waals surface area (Å²) in [6, 6.07) is 10.6. The van der Waals surface area contributed by atoms with Gasteiger partial charge in [-0.25, -0.2) is 0 Å². The van der Waals surface area contributed by atoms with Crippen molar-refractivity contribution in [1.82, 2.24) is 9.80 Å². The minimum absolute atomic E-state index is 0.0464. The Labute approximate surface area is 149 Å². The standard InChI is InChI=1S/C20H28N2O3/c1-15-18(14-25-20(15)24)19(23)21(2)12-17-8-10-22(11-9-17)13-16-6-4-3-5-7-16/h3-7,15,17-18H,8-14H2,1-2H3. The van der Waals surface area contributed by atoms with E-state index in [0.29, 0.717) is 5.92 Å². The first-order valence-corrected chi connectivity index (χ1v) is 9.22. The summed E-state index contributed by atoms with van der Waals surface area (Å²) in [5.41, 5.74) is 1.35. The first-order valence-electron chi connectivity index (χ1n) is 9.22. The fourth-order valence-corrected chi connectivity index (χ4v) is 3.83. The highest BCUT2D eigenvalue weighted by atomic mass is 16.5. The van der Waals surface area contributed by atoms with Crippen molar-refractivity contribution in [2.75, 3.05) is 33.3 Å². The van der Waals surface area contributed by atoms with Crippen LogP contribution in [-0.2, 0) is 20.9 Å². The zero-order chi connectivity index (χ0) is 17.8. The van der Waals surface area contributed by atoms with Crippen LogP contribution in [0.4, 0.5) is 0 Å². The number of likely N-dealkylation sites (tertiary alicyclic amines) is 1. The number of ether oxygens (including phenoxy) is 1. The number of cyclic esters (lactones) is 1. The summed E-state index contributed by atoms with van der Waals surface area (Å²) >= 11 is 0. The molecule has 0 aromatic heterocycles. The molecule has 2 aliphatic heterocycles. The first kappa shape index (κ1) is 17.9. The molecule has 0 radical (unpaired) electrons. The normalized spacial score (nSPS) is 25.0. The predicted molar refractivity (Wildman–Crippen MR) is 95.7 cm³/mol. The monoisotopic (exact) mass is 344 g/mol. The highest BCUT2D eigenvalue weighted by Crippen LogP contribution is 2.25. The molecular weight excluding hydrogens is 316 g/mol. The molecule has 2 unspecified atom stereocenters. The predicted octanol–water partition coefficient (Wildman–Crippen LogP) is 2.17. The summed E-state index contributed by atoms with van der Waals surface area (Å²) in [5, 5.41) is 0. The van der Waals surface area contributed by atoms with Gasteiger partial charge in [0.2, 0.25) is 5.91 Å². The smallest absolute Gasteiger partial charge is 0.309 e. The fourth-order valence-electron chi connectivity index (χ4n) is 3.83. The number of hydrogen-bond acceptors (Lipinski definition) is 4. The molecule has 1 aromatic carbocycles. The van der Waals surface area contributed by atoms with E-state index in [4.69, 9.17) is 4.74 Å². The van der Waals surface area contributed by atoms with Crippen LogP contribution in [0.2, 0.25) is 0 Å². The molecule has 0 bridgehead atoms. The lowest BCUT2D eigenvalue weighted by Gasteiger charge is -2.34. The van der Waals surface area contributed by atoms with Crippen LogP contribution >= 0.6 is 0 Å². The molecular formula is C20H28N2O3. The van der Waals surface area contributed by atoms with Crippen molar-refractivity contribution in [3.63, 3.8) is 0 Å². The van der Waals surface area contributed by atoms with Crippen LogP contribution in [-0.4, -0.2) is 55.0 Å². The van der Waals surface area contributed by atoms with E-state index in [1.54, 1.807) is 11.8 Å². The summed E-state index contributed by atoms with van der Waals surface area (Å²) in [7, 11) is 1.86. The van der Waals surface area contributed by atoms with E-state index >= 15 is 0 Å². The first-order chi connectivity index (χ1) is 12.0. The third kappa shape index (κ3) is 4.40. The number of esters is 1. The van der Waals surface area contributed by atoms with Crippen LogP contribution in [0.3, 0.4) is 0 Å². The summed E-state index contributed by atoms with van der Waals surface area (Å²) < 4.78 is 5.02. The molecule has 3 rings (SSSR count). The van der Waals surface area contributed by atoms with E-state index in [2.05, 4.69) is 29.2 Å². The van der Waals surface area contributed by atoms with Gasteiger partial charge in [0.15, 0.2) is 0 Å². The third-order valence-corrected chi connectivity index (χ3v) is 5.56. The maximum absolute atomic E-state index is 12.6. The highest BCUT2D eigenvalue weighted by Gasteiger charge is 2.39.